The van der Waals surface area contributed by atoms with Crippen LogP contribution >= 0.6 is 24.0 Å². The molecule has 1 aromatic carbocycles. The van der Waals surface area contributed by atoms with Gasteiger partial charge in [0.15, 0.2) is 5.96 Å². The second-order valence-electron chi connectivity index (χ2n) is 3.52. The van der Waals surface area contributed by atoms with Crippen molar-refractivity contribution in [3.8, 4) is 0 Å². The average molecular weight is 381 g/mol. The number of hydrogen-bond donors (Lipinski definition) is 2. The summed E-state index contributed by atoms with van der Waals surface area (Å²) in [6.45, 7) is 0.660. The van der Waals surface area contributed by atoms with Gasteiger partial charge in [0.05, 0.1) is 0 Å². The quantitative estimate of drug-likeness (QED) is 0.460. The van der Waals surface area contributed by atoms with Crippen molar-refractivity contribution in [1.82, 2.24) is 10.6 Å². The summed E-state index contributed by atoms with van der Waals surface area (Å²) < 4.78 is 11.8. The molecule has 2 N–H and O–H groups in total. The molecule has 18 heavy (non-hydrogen) atoms. The van der Waals surface area contributed by atoms with Crippen LogP contribution < -0.4 is 10.6 Å². The Morgan fingerprint density at radius 2 is 2.00 bits per heavy atom. The predicted molar refractivity (Wildman–Crippen MR) is 89.0 cm³/mol. The highest BCUT2D eigenvalue weighted by Gasteiger charge is 2.01. The molecule has 0 aliphatic carbocycles. The molecular weight excluding hydrogens is 361 g/mol. The Kier molecular flexibility index (Phi) is 9.95. The normalized spacial score (nSPS) is 12.4. The van der Waals surface area contributed by atoms with Gasteiger partial charge in [0.25, 0.3) is 0 Å². The molecule has 1 aromatic rings. The van der Waals surface area contributed by atoms with Crippen molar-refractivity contribution in [2.24, 2.45) is 4.99 Å². The van der Waals surface area contributed by atoms with E-state index in [2.05, 4.69) is 15.6 Å². The lowest BCUT2D eigenvalue weighted by Gasteiger charge is -2.08. The molecular formula is C12H20IN3OS. The SMILES string of the molecule is CN=C(NC)NCCS(=O)Cc1ccccc1.I. The van der Waals surface area contributed by atoms with Crippen molar-refractivity contribution >= 4 is 40.7 Å². The van der Waals surface area contributed by atoms with Gasteiger partial charge in [-0.2, -0.15) is 0 Å². The number of guanidine groups is 1. The predicted octanol–water partition coefficient (Wildman–Crippen LogP) is 1.35. The second kappa shape index (κ2) is 10.3. The van der Waals surface area contributed by atoms with Gasteiger partial charge in [-0.3, -0.25) is 9.20 Å². The number of benzene rings is 1. The zero-order chi connectivity index (χ0) is 12.5. The number of nitrogens with one attached hydrogen (secondary N) is 2. The van der Waals surface area contributed by atoms with Crippen molar-refractivity contribution in [1.29, 1.82) is 0 Å². The molecule has 0 fully saturated rings. The highest BCUT2D eigenvalue weighted by atomic mass is 127. The number of halogens is 1. The summed E-state index contributed by atoms with van der Waals surface area (Å²) in [5.41, 5.74) is 1.11. The molecule has 6 heteroatoms. The summed E-state index contributed by atoms with van der Waals surface area (Å²) in [6.07, 6.45) is 0. The fourth-order valence-electron chi connectivity index (χ4n) is 1.39. The van der Waals surface area contributed by atoms with Crippen LogP contribution in [0.25, 0.3) is 0 Å². The van der Waals surface area contributed by atoms with E-state index in [1.54, 1.807) is 14.1 Å². The van der Waals surface area contributed by atoms with Crippen LogP contribution in [-0.4, -0.2) is 36.6 Å². The third kappa shape index (κ3) is 6.95. The second-order valence-corrected chi connectivity index (χ2v) is 5.10. The fraction of sp³-hybridized carbons (Fsp3) is 0.417. The Morgan fingerprint density at radius 3 is 2.56 bits per heavy atom. The molecule has 0 aromatic heterocycles. The molecule has 1 rings (SSSR count). The van der Waals surface area contributed by atoms with Crippen LogP contribution in [0.15, 0.2) is 35.3 Å². The lowest BCUT2D eigenvalue weighted by molar-refractivity contribution is 0.681. The van der Waals surface area contributed by atoms with Gasteiger partial charge in [0.2, 0.25) is 0 Å². The molecule has 0 saturated heterocycles. The van der Waals surface area contributed by atoms with Gasteiger partial charge >= 0.3 is 0 Å². The van der Waals surface area contributed by atoms with Crippen LogP contribution in [0, 0.1) is 0 Å². The van der Waals surface area contributed by atoms with Crippen LogP contribution in [0.2, 0.25) is 0 Å². The molecule has 0 saturated carbocycles. The molecule has 1 atom stereocenters. The molecule has 0 aliphatic heterocycles. The van der Waals surface area contributed by atoms with Crippen molar-refractivity contribution in [2.45, 2.75) is 5.75 Å². The molecule has 0 heterocycles. The molecule has 0 bridgehead atoms. The Morgan fingerprint density at radius 1 is 1.33 bits per heavy atom. The van der Waals surface area contributed by atoms with Crippen LogP contribution in [-0.2, 0) is 16.6 Å². The number of rotatable bonds is 5. The topological polar surface area (TPSA) is 53.5 Å². The van der Waals surface area contributed by atoms with E-state index in [9.17, 15) is 4.21 Å². The van der Waals surface area contributed by atoms with Gasteiger partial charge in [-0.05, 0) is 5.56 Å². The van der Waals surface area contributed by atoms with E-state index in [-0.39, 0.29) is 24.0 Å². The van der Waals surface area contributed by atoms with E-state index in [0.717, 1.165) is 11.5 Å². The maximum atomic E-state index is 11.8. The van der Waals surface area contributed by atoms with E-state index in [0.29, 0.717) is 18.1 Å². The molecule has 0 spiro atoms. The standard InChI is InChI=1S/C12H19N3OS.HI/c1-13-12(14-2)15-8-9-17(16)10-11-6-4-3-5-7-11;/h3-7H,8-10H2,1-2H3,(H2,13,14,15);1H. The first-order chi connectivity index (χ1) is 8.26. The first kappa shape index (κ1) is 17.4. The maximum absolute atomic E-state index is 11.8. The van der Waals surface area contributed by atoms with Gasteiger partial charge in [0.1, 0.15) is 0 Å². The van der Waals surface area contributed by atoms with Gasteiger partial charge < -0.3 is 10.6 Å². The highest BCUT2D eigenvalue weighted by Crippen LogP contribution is 2.02. The summed E-state index contributed by atoms with van der Waals surface area (Å²) in [4.78, 5) is 3.98. The molecule has 0 amide bonds. The van der Waals surface area contributed by atoms with Crippen LogP contribution in [0.3, 0.4) is 0 Å². The average Bonchev–Trinajstić information content (AvgIpc) is 2.36. The van der Waals surface area contributed by atoms with Crippen LogP contribution in [0.1, 0.15) is 5.56 Å². The van der Waals surface area contributed by atoms with E-state index < -0.39 is 10.8 Å². The van der Waals surface area contributed by atoms with Crippen molar-refractivity contribution in [2.75, 3.05) is 26.4 Å². The third-order valence-electron chi connectivity index (χ3n) is 2.25. The Balaban J connectivity index is 0.00000289. The van der Waals surface area contributed by atoms with E-state index in [4.69, 9.17) is 0 Å². The molecule has 102 valence electrons. The fourth-order valence-corrected chi connectivity index (χ4v) is 2.43. The largest absolute Gasteiger partial charge is 0.359 e. The van der Waals surface area contributed by atoms with E-state index in [1.165, 1.54) is 0 Å². The first-order valence-corrected chi connectivity index (χ1v) is 7.02. The summed E-state index contributed by atoms with van der Waals surface area (Å²) in [5, 5.41) is 6.00. The lowest BCUT2D eigenvalue weighted by atomic mass is 10.2. The lowest BCUT2D eigenvalue weighted by Crippen LogP contribution is -2.36. The van der Waals surface area contributed by atoms with Gasteiger partial charge in [-0.15, -0.1) is 24.0 Å². The number of nitrogens with zero attached hydrogens (tertiary/aromatic N) is 1. The zero-order valence-electron chi connectivity index (χ0n) is 10.7. The molecule has 4 nitrogen and oxygen atoms in total. The summed E-state index contributed by atoms with van der Waals surface area (Å²) in [6, 6.07) is 9.89. The minimum atomic E-state index is -0.837. The van der Waals surface area contributed by atoms with Crippen molar-refractivity contribution in [3.05, 3.63) is 35.9 Å². The minimum absolute atomic E-state index is 0. The van der Waals surface area contributed by atoms with Gasteiger partial charge in [-0.25, -0.2) is 0 Å². The maximum Gasteiger partial charge on any atom is 0.190 e. The Hall–Kier alpha value is -0.630. The monoisotopic (exact) mass is 381 g/mol. The number of hydrogen-bond acceptors (Lipinski definition) is 2. The van der Waals surface area contributed by atoms with E-state index in [1.807, 2.05) is 30.3 Å². The van der Waals surface area contributed by atoms with E-state index >= 15 is 0 Å². The number of aliphatic imine (C=N–C) groups is 1. The van der Waals surface area contributed by atoms with Crippen molar-refractivity contribution < 1.29 is 4.21 Å². The molecule has 0 radical (unpaired) electrons. The van der Waals surface area contributed by atoms with Crippen LogP contribution in [0.5, 0.6) is 0 Å². The molecule has 1 unspecified atom stereocenters. The third-order valence-corrected chi connectivity index (χ3v) is 3.57. The summed E-state index contributed by atoms with van der Waals surface area (Å²) >= 11 is 0. The van der Waals surface area contributed by atoms with Crippen molar-refractivity contribution in [3.63, 3.8) is 0 Å². The summed E-state index contributed by atoms with van der Waals surface area (Å²) in [5.74, 6) is 1.96. The first-order valence-electron chi connectivity index (χ1n) is 5.53. The summed E-state index contributed by atoms with van der Waals surface area (Å²) in [7, 11) is 2.67. The smallest absolute Gasteiger partial charge is 0.190 e. The zero-order valence-corrected chi connectivity index (χ0v) is 13.8. The Bertz CT molecular complexity index is 384. The highest BCUT2D eigenvalue weighted by molar-refractivity contribution is 14.0. The van der Waals surface area contributed by atoms with Gasteiger partial charge in [0, 0.05) is 42.9 Å². The van der Waals surface area contributed by atoms with Gasteiger partial charge in [-0.1, -0.05) is 30.3 Å². The minimum Gasteiger partial charge on any atom is -0.359 e. The molecule has 0 aliphatic rings. The Labute approximate surface area is 128 Å². The van der Waals surface area contributed by atoms with Crippen LogP contribution in [0.4, 0.5) is 0 Å².